The van der Waals surface area contributed by atoms with Crippen LogP contribution in [0.5, 0.6) is 0 Å². The lowest BCUT2D eigenvalue weighted by Crippen LogP contribution is -2.21. The Labute approximate surface area is 91.4 Å². The van der Waals surface area contributed by atoms with Gasteiger partial charge in [-0.05, 0) is 35.1 Å². The van der Waals surface area contributed by atoms with Gasteiger partial charge in [-0.3, -0.25) is 0 Å². The predicted octanol–water partition coefficient (Wildman–Crippen LogP) is 2.34. The minimum atomic E-state index is 0.173. The molecule has 0 fully saturated rings. The highest BCUT2D eigenvalue weighted by Crippen LogP contribution is 2.30. The second kappa shape index (κ2) is 3.95. The molecule has 2 heteroatoms. The Balaban J connectivity index is 2.29. The van der Waals surface area contributed by atoms with Crippen molar-refractivity contribution in [2.75, 3.05) is 6.54 Å². The van der Waals surface area contributed by atoms with Crippen LogP contribution >= 0.6 is 0 Å². The van der Waals surface area contributed by atoms with Crippen LogP contribution in [0.1, 0.15) is 37.0 Å². The van der Waals surface area contributed by atoms with Gasteiger partial charge in [0.2, 0.25) is 0 Å². The zero-order chi connectivity index (χ0) is 10.9. The first-order chi connectivity index (χ1) is 7.13. The van der Waals surface area contributed by atoms with Crippen LogP contribution in [0.15, 0.2) is 18.2 Å². The second-order valence-electron chi connectivity index (χ2n) is 4.90. The molecule has 15 heavy (non-hydrogen) atoms. The molecule has 1 aliphatic rings. The summed E-state index contributed by atoms with van der Waals surface area (Å²) in [6, 6.07) is 6.68. The standard InChI is InChI=1S/C13H19NO/c1-13(2,5-6-14)12-4-3-10-8-15-9-11(10)7-12/h3-4,7H,5-6,8-9,14H2,1-2H3. The summed E-state index contributed by atoms with van der Waals surface area (Å²) in [6.07, 6.45) is 1.02. The molecule has 0 bridgehead atoms. The molecular formula is C13H19NO. The molecule has 0 aliphatic carbocycles. The summed E-state index contributed by atoms with van der Waals surface area (Å²) in [7, 11) is 0. The van der Waals surface area contributed by atoms with Gasteiger partial charge in [-0.1, -0.05) is 32.0 Å². The Morgan fingerprint density at radius 2 is 2.00 bits per heavy atom. The minimum Gasteiger partial charge on any atom is -0.372 e. The van der Waals surface area contributed by atoms with Gasteiger partial charge in [0.1, 0.15) is 0 Å². The number of hydrogen-bond acceptors (Lipinski definition) is 2. The quantitative estimate of drug-likeness (QED) is 0.822. The Bertz CT molecular complexity index is 358. The fourth-order valence-corrected chi connectivity index (χ4v) is 2.10. The molecule has 0 radical (unpaired) electrons. The smallest absolute Gasteiger partial charge is 0.0725 e. The van der Waals surface area contributed by atoms with E-state index in [1.807, 2.05) is 0 Å². The van der Waals surface area contributed by atoms with Crippen LogP contribution in [-0.4, -0.2) is 6.54 Å². The zero-order valence-electron chi connectivity index (χ0n) is 9.55. The van der Waals surface area contributed by atoms with Gasteiger partial charge in [-0.25, -0.2) is 0 Å². The summed E-state index contributed by atoms with van der Waals surface area (Å²) in [4.78, 5) is 0. The largest absolute Gasteiger partial charge is 0.372 e. The zero-order valence-corrected chi connectivity index (χ0v) is 9.55. The van der Waals surface area contributed by atoms with Crippen LogP contribution in [0.2, 0.25) is 0 Å². The maximum Gasteiger partial charge on any atom is 0.0725 e. The molecule has 1 aliphatic heterocycles. The van der Waals surface area contributed by atoms with Crippen molar-refractivity contribution < 1.29 is 4.74 Å². The molecule has 2 nitrogen and oxygen atoms in total. The van der Waals surface area contributed by atoms with Crippen LogP contribution in [0.25, 0.3) is 0 Å². The van der Waals surface area contributed by atoms with E-state index in [4.69, 9.17) is 10.5 Å². The first-order valence-electron chi connectivity index (χ1n) is 5.53. The van der Waals surface area contributed by atoms with E-state index in [1.165, 1.54) is 16.7 Å². The van der Waals surface area contributed by atoms with Crippen molar-refractivity contribution in [3.63, 3.8) is 0 Å². The SMILES string of the molecule is CC(C)(CCN)c1ccc2c(c1)COC2. The van der Waals surface area contributed by atoms with Gasteiger partial charge < -0.3 is 10.5 Å². The van der Waals surface area contributed by atoms with E-state index in [2.05, 4.69) is 32.0 Å². The van der Waals surface area contributed by atoms with Gasteiger partial charge >= 0.3 is 0 Å². The molecule has 1 heterocycles. The third-order valence-electron chi connectivity index (χ3n) is 3.27. The van der Waals surface area contributed by atoms with Crippen LogP contribution in [0.4, 0.5) is 0 Å². The van der Waals surface area contributed by atoms with Crippen molar-refractivity contribution in [1.29, 1.82) is 0 Å². The molecule has 0 saturated carbocycles. The predicted molar refractivity (Wildman–Crippen MR) is 61.6 cm³/mol. The fraction of sp³-hybridized carbons (Fsp3) is 0.538. The highest BCUT2D eigenvalue weighted by atomic mass is 16.5. The van der Waals surface area contributed by atoms with Crippen molar-refractivity contribution in [3.8, 4) is 0 Å². The van der Waals surface area contributed by atoms with Crippen molar-refractivity contribution in [3.05, 3.63) is 34.9 Å². The molecule has 0 spiro atoms. The first kappa shape index (κ1) is 10.7. The van der Waals surface area contributed by atoms with E-state index in [0.717, 1.165) is 26.2 Å². The highest BCUT2D eigenvalue weighted by Gasteiger charge is 2.21. The maximum absolute atomic E-state index is 5.64. The molecule has 0 unspecified atom stereocenters. The lowest BCUT2D eigenvalue weighted by molar-refractivity contribution is 0.134. The third kappa shape index (κ3) is 2.06. The van der Waals surface area contributed by atoms with Gasteiger partial charge in [0.15, 0.2) is 0 Å². The van der Waals surface area contributed by atoms with Crippen molar-refractivity contribution in [2.45, 2.75) is 38.9 Å². The van der Waals surface area contributed by atoms with Crippen LogP contribution < -0.4 is 5.73 Å². The third-order valence-corrected chi connectivity index (χ3v) is 3.27. The number of fused-ring (bicyclic) bond motifs is 1. The average Bonchev–Trinajstić information content (AvgIpc) is 2.63. The van der Waals surface area contributed by atoms with Crippen LogP contribution in [0, 0.1) is 0 Å². The summed E-state index contributed by atoms with van der Waals surface area (Å²) in [6.45, 7) is 6.77. The molecule has 1 aromatic carbocycles. The molecular weight excluding hydrogens is 186 g/mol. The van der Waals surface area contributed by atoms with Gasteiger partial charge in [0.05, 0.1) is 13.2 Å². The van der Waals surface area contributed by atoms with Crippen LogP contribution in [-0.2, 0) is 23.4 Å². The average molecular weight is 205 g/mol. The monoisotopic (exact) mass is 205 g/mol. The van der Waals surface area contributed by atoms with E-state index in [9.17, 15) is 0 Å². The molecule has 0 amide bonds. The normalized spacial score (nSPS) is 15.4. The fourth-order valence-electron chi connectivity index (χ4n) is 2.10. The molecule has 0 atom stereocenters. The van der Waals surface area contributed by atoms with E-state index >= 15 is 0 Å². The molecule has 82 valence electrons. The molecule has 1 aromatic rings. The topological polar surface area (TPSA) is 35.2 Å². The van der Waals surface area contributed by atoms with Gasteiger partial charge in [0, 0.05) is 0 Å². The summed E-state index contributed by atoms with van der Waals surface area (Å²) in [5.41, 5.74) is 9.87. The Morgan fingerprint density at radius 1 is 1.27 bits per heavy atom. The Morgan fingerprint density at radius 3 is 2.73 bits per heavy atom. The molecule has 2 N–H and O–H groups in total. The van der Waals surface area contributed by atoms with Gasteiger partial charge in [0.25, 0.3) is 0 Å². The summed E-state index contributed by atoms with van der Waals surface area (Å²) in [5, 5.41) is 0. The number of ether oxygens (including phenoxy) is 1. The number of benzene rings is 1. The van der Waals surface area contributed by atoms with Crippen molar-refractivity contribution >= 4 is 0 Å². The Kier molecular flexibility index (Phi) is 2.81. The summed E-state index contributed by atoms with van der Waals surface area (Å²) >= 11 is 0. The van der Waals surface area contributed by atoms with Gasteiger partial charge in [-0.2, -0.15) is 0 Å². The van der Waals surface area contributed by atoms with E-state index in [-0.39, 0.29) is 5.41 Å². The number of rotatable bonds is 3. The number of hydrogen-bond donors (Lipinski definition) is 1. The Hall–Kier alpha value is -0.860. The van der Waals surface area contributed by atoms with E-state index in [0.29, 0.717) is 0 Å². The highest BCUT2D eigenvalue weighted by molar-refractivity contribution is 5.36. The first-order valence-corrected chi connectivity index (χ1v) is 5.53. The number of nitrogens with two attached hydrogens (primary N) is 1. The molecule has 0 aromatic heterocycles. The second-order valence-corrected chi connectivity index (χ2v) is 4.90. The molecule has 2 rings (SSSR count). The van der Waals surface area contributed by atoms with E-state index in [1.54, 1.807) is 0 Å². The minimum absolute atomic E-state index is 0.173. The van der Waals surface area contributed by atoms with Crippen molar-refractivity contribution in [2.24, 2.45) is 5.73 Å². The molecule has 0 saturated heterocycles. The lowest BCUT2D eigenvalue weighted by atomic mass is 9.80. The lowest BCUT2D eigenvalue weighted by Gasteiger charge is -2.25. The van der Waals surface area contributed by atoms with E-state index < -0.39 is 0 Å². The summed E-state index contributed by atoms with van der Waals surface area (Å²) in [5.74, 6) is 0. The van der Waals surface area contributed by atoms with Crippen molar-refractivity contribution in [1.82, 2.24) is 0 Å². The maximum atomic E-state index is 5.64. The van der Waals surface area contributed by atoms with Crippen LogP contribution in [0.3, 0.4) is 0 Å². The van der Waals surface area contributed by atoms with Gasteiger partial charge in [-0.15, -0.1) is 0 Å². The summed E-state index contributed by atoms with van der Waals surface area (Å²) < 4.78 is 5.42.